The minimum Gasteiger partial charge on any atom is -0.381 e. The van der Waals surface area contributed by atoms with E-state index >= 15 is 0 Å². The molecule has 0 bridgehead atoms. The van der Waals surface area contributed by atoms with Gasteiger partial charge in [-0.2, -0.15) is 0 Å². The molecule has 0 spiro atoms. The molecule has 4 rings (SSSR count). The van der Waals surface area contributed by atoms with Crippen LogP contribution in [0.3, 0.4) is 0 Å². The van der Waals surface area contributed by atoms with Crippen LogP contribution in [-0.4, -0.2) is 40.5 Å². The van der Waals surface area contributed by atoms with Gasteiger partial charge in [-0.25, -0.2) is 4.98 Å². The average molecular weight is 339 g/mol. The van der Waals surface area contributed by atoms with Crippen molar-refractivity contribution in [1.82, 2.24) is 14.9 Å². The molecule has 2 aliphatic heterocycles. The van der Waals surface area contributed by atoms with E-state index in [9.17, 15) is 4.79 Å². The van der Waals surface area contributed by atoms with Gasteiger partial charge in [-0.15, -0.1) is 0 Å². The van der Waals surface area contributed by atoms with E-state index < -0.39 is 0 Å². The summed E-state index contributed by atoms with van der Waals surface area (Å²) in [6, 6.07) is 8.47. The molecule has 3 heterocycles. The smallest absolute Gasteiger partial charge is 0.228 e. The van der Waals surface area contributed by atoms with Gasteiger partial charge in [0.2, 0.25) is 5.91 Å². The molecule has 5 heteroatoms. The maximum Gasteiger partial charge on any atom is 0.228 e. The van der Waals surface area contributed by atoms with E-state index in [1.54, 1.807) is 0 Å². The van der Waals surface area contributed by atoms with E-state index in [2.05, 4.69) is 41.2 Å². The van der Waals surface area contributed by atoms with Crippen LogP contribution in [0.15, 0.2) is 30.5 Å². The summed E-state index contributed by atoms with van der Waals surface area (Å²) in [5.74, 6) is 1.16. The van der Waals surface area contributed by atoms with E-state index in [0.29, 0.717) is 13.2 Å². The average Bonchev–Trinajstić information content (AvgIpc) is 3.34. The van der Waals surface area contributed by atoms with Gasteiger partial charge in [-0.3, -0.25) is 4.79 Å². The summed E-state index contributed by atoms with van der Waals surface area (Å²) in [6.45, 7) is 4.17. The standard InChI is InChI=1S/C20H25N3O2/c1-14-5-7-15(8-6-14)17-12-21-19(22-17)18-4-2-3-10-23(18)20(24)16-9-11-25-13-16/h5-8,12,16,18H,2-4,9-11,13H2,1H3,(H,21,22)/t16-,18+/m1/s1. The molecular weight excluding hydrogens is 314 g/mol. The van der Waals surface area contributed by atoms with Crippen LogP contribution >= 0.6 is 0 Å². The Bertz CT molecular complexity index is 732. The summed E-state index contributed by atoms with van der Waals surface area (Å²) in [5.41, 5.74) is 3.38. The first-order chi connectivity index (χ1) is 12.2. The lowest BCUT2D eigenvalue weighted by Gasteiger charge is -2.36. The molecule has 1 aromatic carbocycles. The highest BCUT2D eigenvalue weighted by molar-refractivity contribution is 5.79. The molecule has 2 aromatic rings. The summed E-state index contributed by atoms with van der Waals surface area (Å²) in [7, 11) is 0. The van der Waals surface area contributed by atoms with Crippen LogP contribution < -0.4 is 0 Å². The van der Waals surface area contributed by atoms with Gasteiger partial charge in [0.15, 0.2) is 0 Å². The van der Waals surface area contributed by atoms with Gasteiger partial charge < -0.3 is 14.6 Å². The highest BCUT2D eigenvalue weighted by Gasteiger charge is 2.35. The molecule has 1 amide bonds. The van der Waals surface area contributed by atoms with Crippen molar-refractivity contribution in [1.29, 1.82) is 0 Å². The highest BCUT2D eigenvalue weighted by atomic mass is 16.5. The number of likely N-dealkylation sites (tertiary alicyclic amines) is 1. The number of hydrogen-bond donors (Lipinski definition) is 1. The van der Waals surface area contributed by atoms with Gasteiger partial charge in [0.25, 0.3) is 0 Å². The Morgan fingerprint density at radius 1 is 1.24 bits per heavy atom. The molecule has 2 atom stereocenters. The van der Waals surface area contributed by atoms with Crippen LogP contribution in [0.4, 0.5) is 0 Å². The first-order valence-electron chi connectivity index (χ1n) is 9.22. The number of aryl methyl sites for hydroxylation is 1. The number of aromatic nitrogens is 2. The number of aromatic amines is 1. The molecule has 0 unspecified atom stereocenters. The number of benzene rings is 1. The lowest BCUT2D eigenvalue weighted by atomic mass is 9.98. The largest absolute Gasteiger partial charge is 0.381 e. The van der Waals surface area contributed by atoms with E-state index in [1.807, 2.05) is 11.1 Å². The van der Waals surface area contributed by atoms with Crippen LogP contribution in [0.5, 0.6) is 0 Å². The SMILES string of the molecule is Cc1ccc(-c2cnc([C@@H]3CCCCN3C(=O)[C@@H]3CCOC3)[nH]2)cc1. The zero-order chi connectivity index (χ0) is 17.2. The second kappa shape index (κ2) is 7.00. The topological polar surface area (TPSA) is 58.2 Å². The number of hydrogen-bond acceptors (Lipinski definition) is 3. The summed E-state index contributed by atoms with van der Waals surface area (Å²) in [5, 5.41) is 0. The van der Waals surface area contributed by atoms with Gasteiger partial charge in [0.1, 0.15) is 5.82 Å². The maximum atomic E-state index is 12.9. The van der Waals surface area contributed by atoms with E-state index in [-0.39, 0.29) is 17.9 Å². The fourth-order valence-electron chi connectivity index (χ4n) is 3.83. The lowest BCUT2D eigenvalue weighted by Crippen LogP contribution is -2.42. The summed E-state index contributed by atoms with van der Waals surface area (Å²) in [6.07, 6.45) is 5.91. The molecule has 0 radical (unpaired) electrons. The minimum atomic E-state index is 0.0205. The number of nitrogens with one attached hydrogen (secondary N) is 1. The third kappa shape index (κ3) is 3.33. The Labute approximate surface area is 148 Å². The summed E-state index contributed by atoms with van der Waals surface area (Å²) in [4.78, 5) is 23.0. The zero-order valence-corrected chi connectivity index (χ0v) is 14.7. The van der Waals surface area contributed by atoms with Crippen molar-refractivity contribution in [2.24, 2.45) is 5.92 Å². The number of imidazole rings is 1. The molecule has 25 heavy (non-hydrogen) atoms. The highest BCUT2D eigenvalue weighted by Crippen LogP contribution is 2.32. The first kappa shape index (κ1) is 16.3. The summed E-state index contributed by atoms with van der Waals surface area (Å²) < 4.78 is 5.41. The predicted octanol–water partition coefficient (Wildman–Crippen LogP) is 3.48. The molecule has 0 saturated carbocycles. The van der Waals surface area contributed by atoms with Crippen molar-refractivity contribution in [3.63, 3.8) is 0 Å². The quantitative estimate of drug-likeness (QED) is 0.931. The van der Waals surface area contributed by atoms with Gasteiger partial charge in [-0.05, 0) is 38.2 Å². The van der Waals surface area contributed by atoms with E-state index in [4.69, 9.17) is 4.74 Å². The Hall–Kier alpha value is -2.14. The van der Waals surface area contributed by atoms with Gasteiger partial charge >= 0.3 is 0 Å². The first-order valence-corrected chi connectivity index (χ1v) is 9.22. The van der Waals surface area contributed by atoms with Crippen LogP contribution in [-0.2, 0) is 9.53 Å². The number of carbonyl (C=O) groups excluding carboxylic acids is 1. The number of carbonyl (C=O) groups is 1. The predicted molar refractivity (Wildman–Crippen MR) is 96.0 cm³/mol. The second-order valence-corrected chi connectivity index (χ2v) is 7.15. The summed E-state index contributed by atoms with van der Waals surface area (Å²) >= 11 is 0. The van der Waals surface area contributed by atoms with Crippen molar-refractivity contribution < 1.29 is 9.53 Å². The van der Waals surface area contributed by atoms with E-state index in [0.717, 1.165) is 49.3 Å². The molecular formula is C20H25N3O2. The number of amides is 1. The zero-order valence-electron chi connectivity index (χ0n) is 14.7. The fraction of sp³-hybridized carbons (Fsp3) is 0.500. The lowest BCUT2D eigenvalue weighted by molar-refractivity contribution is -0.139. The van der Waals surface area contributed by atoms with Crippen molar-refractivity contribution >= 4 is 5.91 Å². The number of piperidine rings is 1. The maximum absolute atomic E-state index is 12.9. The van der Waals surface area contributed by atoms with Crippen molar-refractivity contribution in [3.05, 3.63) is 41.9 Å². The van der Waals surface area contributed by atoms with Gasteiger partial charge in [0.05, 0.1) is 30.5 Å². The normalized spacial score (nSPS) is 23.8. The van der Waals surface area contributed by atoms with Crippen molar-refractivity contribution in [2.75, 3.05) is 19.8 Å². The molecule has 1 aromatic heterocycles. The van der Waals surface area contributed by atoms with Crippen LogP contribution in [0.25, 0.3) is 11.3 Å². The molecule has 5 nitrogen and oxygen atoms in total. The molecule has 2 aliphatic rings. The van der Waals surface area contributed by atoms with Crippen molar-refractivity contribution in [3.8, 4) is 11.3 Å². The third-order valence-electron chi connectivity index (χ3n) is 5.34. The van der Waals surface area contributed by atoms with Crippen LogP contribution in [0.2, 0.25) is 0 Å². The van der Waals surface area contributed by atoms with Crippen LogP contribution in [0, 0.1) is 12.8 Å². The number of ether oxygens (including phenoxy) is 1. The minimum absolute atomic E-state index is 0.0205. The number of nitrogens with zero attached hydrogens (tertiary/aromatic N) is 2. The Morgan fingerprint density at radius 3 is 2.84 bits per heavy atom. The van der Waals surface area contributed by atoms with E-state index in [1.165, 1.54) is 5.56 Å². The third-order valence-corrected chi connectivity index (χ3v) is 5.34. The van der Waals surface area contributed by atoms with Gasteiger partial charge in [-0.1, -0.05) is 29.8 Å². The Balaban J connectivity index is 1.56. The number of H-pyrrole nitrogens is 1. The molecule has 1 N–H and O–H groups in total. The van der Waals surface area contributed by atoms with Crippen molar-refractivity contribution in [2.45, 2.75) is 38.6 Å². The second-order valence-electron chi connectivity index (χ2n) is 7.15. The Kier molecular flexibility index (Phi) is 4.57. The fourth-order valence-corrected chi connectivity index (χ4v) is 3.83. The van der Waals surface area contributed by atoms with Crippen LogP contribution in [0.1, 0.15) is 43.1 Å². The molecule has 132 valence electrons. The molecule has 0 aliphatic carbocycles. The van der Waals surface area contributed by atoms with Gasteiger partial charge in [0, 0.05) is 13.2 Å². The molecule has 2 fully saturated rings. The number of rotatable bonds is 3. The Morgan fingerprint density at radius 2 is 2.08 bits per heavy atom. The monoisotopic (exact) mass is 339 g/mol. The molecule has 2 saturated heterocycles.